The summed E-state index contributed by atoms with van der Waals surface area (Å²) in [5.74, 6) is 0. The van der Waals surface area contributed by atoms with Gasteiger partial charge in [-0.05, 0) is 48.9 Å². The van der Waals surface area contributed by atoms with Crippen LogP contribution < -0.4 is 10.6 Å². The maximum atomic E-state index is 11.9. The van der Waals surface area contributed by atoms with Gasteiger partial charge in [-0.2, -0.15) is 0 Å². The largest absolute Gasteiger partial charge is 0.323 e. The highest BCUT2D eigenvalue weighted by Gasteiger charge is 2.05. The van der Waals surface area contributed by atoms with Crippen LogP contribution in [0.25, 0.3) is 0 Å². The topological polar surface area (TPSA) is 41.1 Å². The van der Waals surface area contributed by atoms with Crippen molar-refractivity contribution in [3.8, 4) is 0 Å². The third kappa shape index (κ3) is 3.98. The predicted octanol–water partition coefficient (Wildman–Crippen LogP) is 5.05. The summed E-state index contributed by atoms with van der Waals surface area (Å²) in [5.41, 5.74) is 2.37. The van der Waals surface area contributed by atoms with Crippen LogP contribution in [-0.4, -0.2) is 6.03 Å². The highest BCUT2D eigenvalue weighted by Crippen LogP contribution is 2.20. The van der Waals surface area contributed by atoms with E-state index in [1.54, 1.807) is 12.1 Å². The minimum absolute atomic E-state index is 0.298. The number of carbonyl (C=O) groups is 1. The molecule has 2 amide bonds. The summed E-state index contributed by atoms with van der Waals surface area (Å²) in [4.78, 5) is 11.9. The fourth-order valence-electron chi connectivity index (χ4n) is 1.55. The standard InChI is InChI=1S/C14H12BrClN2O/c1-9-2-5-11(16)8-13(9)18-14(19)17-12-6-3-10(15)4-7-12/h2-8H,1H3,(H2,17,18,19). The summed E-state index contributed by atoms with van der Waals surface area (Å²) in [5, 5.41) is 6.11. The zero-order valence-electron chi connectivity index (χ0n) is 10.2. The van der Waals surface area contributed by atoms with Crippen LogP contribution >= 0.6 is 27.5 Å². The number of aryl methyl sites for hydroxylation is 1. The third-order valence-electron chi connectivity index (χ3n) is 2.55. The van der Waals surface area contributed by atoms with Gasteiger partial charge in [0.2, 0.25) is 0 Å². The molecule has 2 aromatic rings. The molecule has 0 saturated heterocycles. The molecule has 2 aromatic carbocycles. The van der Waals surface area contributed by atoms with Crippen LogP contribution in [0.4, 0.5) is 16.2 Å². The predicted molar refractivity (Wildman–Crippen MR) is 83.0 cm³/mol. The summed E-state index contributed by atoms with van der Waals surface area (Å²) < 4.78 is 0.962. The van der Waals surface area contributed by atoms with Gasteiger partial charge in [-0.1, -0.05) is 33.6 Å². The molecule has 3 nitrogen and oxygen atoms in total. The van der Waals surface area contributed by atoms with Crippen molar-refractivity contribution >= 4 is 44.9 Å². The van der Waals surface area contributed by atoms with Gasteiger partial charge >= 0.3 is 6.03 Å². The van der Waals surface area contributed by atoms with Gasteiger partial charge in [0.25, 0.3) is 0 Å². The Bertz CT molecular complexity index is 599. The molecule has 0 aliphatic carbocycles. The van der Waals surface area contributed by atoms with Gasteiger partial charge in [0.05, 0.1) is 0 Å². The number of anilines is 2. The van der Waals surface area contributed by atoms with E-state index in [-0.39, 0.29) is 6.03 Å². The fourth-order valence-corrected chi connectivity index (χ4v) is 1.98. The van der Waals surface area contributed by atoms with Crippen molar-refractivity contribution in [2.75, 3.05) is 10.6 Å². The maximum absolute atomic E-state index is 11.9. The van der Waals surface area contributed by atoms with Crippen molar-refractivity contribution in [1.29, 1.82) is 0 Å². The molecule has 2 N–H and O–H groups in total. The van der Waals surface area contributed by atoms with Crippen LogP contribution in [0, 0.1) is 6.92 Å². The van der Waals surface area contributed by atoms with Gasteiger partial charge in [-0.25, -0.2) is 4.79 Å². The van der Waals surface area contributed by atoms with E-state index in [9.17, 15) is 4.79 Å². The van der Waals surface area contributed by atoms with E-state index >= 15 is 0 Å². The molecule has 0 atom stereocenters. The van der Waals surface area contributed by atoms with Gasteiger partial charge < -0.3 is 10.6 Å². The number of hydrogen-bond donors (Lipinski definition) is 2. The summed E-state index contributed by atoms with van der Waals surface area (Å²) in [7, 11) is 0. The number of rotatable bonds is 2. The van der Waals surface area contributed by atoms with Crippen LogP contribution in [0.15, 0.2) is 46.9 Å². The van der Waals surface area contributed by atoms with Crippen molar-refractivity contribution in [1.82, 2.24) is 0 Å². The van der Waals surface area contributed by atoms with Crippen molar-refractivity contribution in [3.05, 3.63) is 57.5 Å². The summed E-state index contributed by atoms with van der Waals surface area (Å²) >= 11 is 9.24. The lowest BCUT2D eigenvalue weighted by Crippen LogP contribution is -2.19. The number of nitrogens with one attached hydrogen (secondary N) is 2. The summed E-state index contributed by atoms with van der Waals surface area (Å²) in [6, 6.07) is 12.4. The van der Waals surface area contributed by atoms with Crippen LogP contribution in [0.3, 0.4) is 0 Å². The Kier molecular flexibility index (Phi) is 4.45. The van der Waals surface area contributed by atoms with Crippen molar-refractivity contribution in [3.63, 3.8) is 0 Å². The Morgan fingerprint density at radius 3 is 2.47 bits per heavy atom. The molecule has 0 unspecified atom stereocenters. The van der Waals surface area contributed by atoms with Gasteiger partial charge in [-0.15, -0.1) is 0 Å². The Morgan fingerprint density at radius 1 is 1.11 bits per heavy atom. The molecule has 0 aliphatic heterocycles. The van der Waals surface area contributed by atoms with E-state index < -0.39 is 0 Å². The second kappa shape index (κ2) is 6.08. The first kappa shape index (κ1) is 13.9. The highest BCUT2D eigenvalue weighted by molar-refractivity contribution is 9.10. The zero-order chi connectivity index (χ0) is 13.8. The molecule has 0 fully saturated rings. The minimum atomic E-state index is -0.298. The lowest BCUT2D eigenvalue weighted by atomic mass is 10.2. The SMILES string of the molecule is Cc1ccc(Cl)cc1NC(=O)Nc1ccc(Br)cc1. The fraction of sp³-hybridized carbons (Fsp3) is 0.0714. The second-order valence-electron chi connectivity index (χ2n) is 4.05. The van der Waals surface area contributed by atoms with Crippen molar-refractivity contribution in [2.45, 2.75) is 6.92 Å². The van der Waals surface area contributed by atoms with Crippen LogP contribution in [0.1, 0.15) is 5.56 Å². The smallest absolute Gasteiger partial charge is 0.308 e. The average molecular weight is 340 g/mol. The number of urea groups is 1. The van der Waals surface area contributed by atoms with Gasteiger partial charge in [0.15, 0.2) is 0 Å². The Balaban J connectivity index is 2.05. The van der Waals surface area contributed by atoms with Crippen LogP contribution in [-0.2, 0) is 0 Å². The number of carbonyl (C=O) groups excluding carboxylic acids is 1. The van der Waals surface area contributed by atoms with E-state index in [4.69, 9.17) is 11.6 Å². The zero-order valence-corrected chi connectivity index (χ0v) is 12.5. The third-order valence-corrected chi connectivity index (χ3v) is 3.31. The first-order chi connectivity index (χ1) is 9.04. The normalized spacial score (nSPS) is 10.1. The Hall–Kier alpha value is -1.52. The Morgan fingerprint density at radius 2 is 1.79 bits per heavy atom. The number of hydrogen-bond acceptors (Lipinski definition) is 1. The average Bonchev–Trinajstić information content (AvgIpc) is 2.37. The molecule has 0 aromatic heterocycles. The van der Waals surface area contributed by atoms with Gasteiger partial charge in [-0.3, -0.25) is 0 Å². The number of amides is 2. The van der Waals surface area contributed by atoms with E-state index in [1.807, 2.05) is 37.3 Å². The number of halogens is 2. The van der Waals surface area contributed by atoms with Crippen LogP contribution in [0.2, 0.25) is 5.02 Å². The monoisotopic (exact) mass is 338 g/mol. The van der Waals surface area contributed by atoms with Crippen molar-refractivity contribution in [2.24, 2.45) is 0 Å². The molecule has 2 rings (SSSR count). The molecule has 0 saturated carbocycles. The van der Waals surface area contributed by atoms with Gasteiger partial charge in [0, 0.05) is 20.9 Å². The minimum Gasteiger partial charge on any atom is -0.308 e. The molecule has 5 heteroatoms. The first-order valence-electron chi connectivity index (χ1n) is 5.64. The molecule has 0 aliphatic rings. The molecule has 19 heavy (non-hydrogen) atoms. The molecule has 0 heterocycles. The van der Waals surface area contributed by atoms with E-state index in [0.29, 0.717) is 10.7 Å². The van der Waals surface area contributed by atoms with Crippen LogP contribution in [0.5, 0.6) is 0 Å². The lowest BCUT2D eigenvalue weighted by Gasteiger charge is -2.10. The molecule has 0 radical (unpaired) electrons. The highest BCUT2D eigenvalue weighted by atomic mass is 79.9. The molecule has 0 spiro atoms. The van der Waals surface area contributed by atoms with Gasteiger partial charge in [0.1, 0.15) is 0 Å². The quantitative estimate of drug-likeness (QED) is 0.789. The maximum Gasteiger partial charge on any atom is 0.323 e. The molecular formula is C14H12BrClN2O. The summed E-state index contributed by atoms with van der Waals surface area (Å²) in [6.07, 6.45) is 0. The number of benzene rings is 2. The van der Waals surface area contributed by atoms with E-state index in [2.05, 4.69) is 26.6 Å². The summed E-state index contributed by atoms with van der Waals surface area (Å²) in [6.45, 7) is 1.91. The second-order valence-corrected chi connectivity index (χ2v) is 5.40. The lowest BCUT2D eigenvalue weighted by molar-refractivity contribution is 0.262. The first-order valence-corrected chi connectivity index (χ1v) is 6.81. The molecule has 98 valence electrons. The molecular weight excluding hydrogens is 328 g/mol. The molecule has 0 bridgehead atoms. The Labute approximate surface area is 125 Å². The van der Waals surface area contributed by atoms with Crippen molar-refractivity contribution < 1.29 is 4.79 Å². The van der Waals surface area contributed by atoms with E-state index in [1.165, 1.54) is 0 Å². The van der Waals surface area contributed by atoms with E-state index in [0.717, 1.165) is 15.7 Å².